The fourth-order valence-corrected chi connectivity index (χ4v) is 2.38. The Kier molecular flexibility index (Phi) is 2.66. The summed E-state index contributed by atoms with van der Waals surface area (Å²) in [5.41, 5.74) is -0.153. The van der Waals surface area contributed by atoms with Crippen molar-refractivity contribution in [3.8, 4) is 5.75 Å². The van der Waals surface area contributed by atoms with Gasteiger partial charge in [0.05, 0.1) is 18.8 Å². The minimum atomic E-state index is -0.914. The average molecular weight is 226 g/mol. The lowest BCUT2D eigenvalue weighted by Gasteiger charge is -2.41. The fourth-order valence-electron chi connectivity index (χ4n) is 1.97. The normalized spacial score (nSPS) is 29.7. The van der Waals surface area contributed by atoms with Crippen molar-refractivity contribution in [3.63, 3.8) is 0 Å². The first kappa shape index (κ1) is 10.8. The summed E-state index contributed by atoms with van der Waals surface area (Å²) in [6.07, 6.45) is 0.365. The van der Waals surface area contributed by atoms with Gasteiger partial charge in [-0.15, -0.1) is 12.6 Å². The number of hydrogen-bond acceptors (Lipinski definition) is 4. The number of ether oxygens (including phenoxy) is 1. The van der Waals surface area contributed by atoms with Crippen molar-refractivity contribution in [1.82, 2.24) is 0 Å². The maximum atomic E-state index is 10.1. The predicted octanol–water partition coefficient (Wildman–Crippen LogP) is 1.33. The van der Waals surface area contributed by atoms with Crippen LogP contribution >= 0.6 is 12.6 Å². The zero-order valence-corrected chi connectivity index (χ0v) is 9.37. The van der Waals surface area contributed by atoms with Crippen molar-refractivity contribution in [1.29, 1.82) is 0 Å². The van der Waals surface area contributed by atoms with Crippen molar-refractivity contribution < 1.29 is 14.9 Å². The van der Waals surface area contributed by atoms with Gasteiger partial charge >= 0.3 is 0 Å². The summed E-state index contributed by atoms with van der Waals surface area (Å²) in [7, 11) is 1.59. The molecule has 3 nitrogen and oxygen atoms in total. The lowest BCUT2D eigenvalue weighted by Crippen LogP contribution is -2.44. The van der Waals surface area contributed by atoms with E-state index >= 15 is 0 Å². The Morgan fingerprint density at radius 2 is 2.13 bits per heavy atom. The molecule has 1 aromatic carbocycles. The first-order valence-corrected chi connectivity index (χ1v) is 5.28. The van der Waals surface area contributed by atoms with E-state index in [0.29, 0.717) is 23.5 Å². The van der Waals surface area contributed by atoms with E-state index in [1.54, 1.807) is 25.3 Å². The molecule has 0 bridgehead atoms. The summed E-state index contributed by atoms with van der Waals surface area (Å²) < 4.78 is 5.06. The Bertz CT molecular complexity index is 372. The summed E-state index contributed by atoms with van der Waals surface area (Å²) in [6.45, 7) is 0. The van der Waals surface area contributed by atoms with E-state index < -0.39 is 11.7 Å². The molecule has 1 aromatic rings. The number of methoxy groups -OCH3 is 1. The van der Waals surface area contributed by atoms with Crippen LogP contribution in [0, 0.1) is 0 Å². The largest absolute Gasteiger partial charge is 0.497 e. The molecule has 0 atom stereocenters. The van der Waals surface area contributed by atoms with Crippen LogP contribution in [0.4, 0.5) is 0 Å². The monoisotopic (exact) mass is 226 g/mol. The molecule has 2 N–H and O–H groups in total. The van der Waals surface area contributed by atoms with Crippen LogP contribution in [-0.4, -0.2) is 23.4 Å². The molecule has 0 amide bonds. The van der Waals surface area contributed by atoms with Crippen LogP contribution in [0.3, 0.4) is 0 Å². The quantitative estimate of drug-likeness (QED) is 0.667. The van der Waals surface area contributed by atoms with E-state index in [0.717, 1.165) is 5.56 Å². The van der Waals surface area contributed by atoms with Crippen LogP contribution < -0.4 is 4.74 Å². The molecule has 0 saturated heterocycles. The number of benzene rings is 1. The van der Waals surface area contributed by atoms with Crippen molar-refractivity contribution in [2.45, 2.75) is 29.4 Å². The minimum absolute atomic E-state index is 0.382. The van der Waals surface area contributed by atoms with Crippen molar-refractivity contribution >= 4 is 12.6 Å². The van der Waals surface area contributed by atoms with Crippen molar-refractivity contribution in [3.05, 3.63) is 23.8 Å². The zero-order valence-electron chi connectivity index (χ0n) is 8.47. The fraction of sp³-hybridized carbons (Fsp3) is 0.455. The molecule has 1 saturated carbocycles. The lowest BCUT2D eigenvalue weighted by atomic mass is 9.73. The maximum Gasteiger partial charge on any atom is 0.119 e. The predicted molar refractivity (Wildman–Crippen MR) is 59.4 cm³/mol. The number of thiol groups is 1. The van der Waals surface area contributed by atoms with Crippen LogP contribution in [0.5, 0.6) is 5.75 Å². The smallest absolute Gasteiger partial charge is 0.119 e. The van der Waals surface area contributed by atoms with Crippen LogP contribution in [-0.2, 0) is 5.60 Å². The van der Waals surface area contributed by atoms with E-state index in [4.69, 9.17) is 4.74 Å². The molecule has 1 aliphatic carbocycles. The molecule has 0 radical (unpaired) electrons. The van der Waals surface area contributed by atoms with Crippen molar-refractivity contribution in [2.24, 2.45) is 0 Å². The summed E-state index contributed by atoms with van der Waals surface area (Å²) >= 11 is 4.31. The lowest BCUT2D eigenvalue weighted by molar-refractivity contribution is -0.120. The zero-order chi connectivity index (χ0) is 11.1. The highest BCUT2D eigenvalue weighted by molar-refractivity contribution is 7.80. The Morgan fingerprint density at radius 3 is 2.60 bits per heavy atom. The van der Waals surface area contributed by atoms with Gasteiger partial charge in [-0.25, -0.2) is 0 Å². The molecule has 15 heavy (non-hydrogen) atoms. The molecular weight excluding hydrogens is 212 g/mol. The molecular formula is C11H14O3S. The van der Waals surface area contributed by atoms with Gasteiger partial charge in [-0.05, 0) is 17.7 Å². The second-order valence-electron chi connectivity index (χ2n) is 3.98. The van der Waals surface area contributed by atoms with Crippen LogP contribution in [0.15, 0.2) is 23.1 Å². The van der Waals surface area contributed by atoms with E-state index in [1.165, 1.54) is 0 Å². The van der Waals surface area contributed by atoms with Gasteiger partial charge in [-0.3, -0.25) is 0 Å². The maximum absolute atomic E-state index is 10.1. The van der Waals surface area contributed by atoms with E-state index in [2.05, 4.69) is 12.6 Å². The standard InChI is InChI=1S/C11H14O3S/c1-14-8-2-3-9(10(15)4-8)11(13)5-7(12)6-11/h2-4,7,12-13,15H,5-6H2,1H3. The van der Waals surface area contributed by atoms with Crippen molar-refractivity contribution in [2.75, 3.05) is 7.11 Å². The molecule has 1 aliphatic rings. The highest BCUT2D eigenvalue weighted by atomic mass is 32.1. The average Bonchev–Trinajstić information content (AvgIpc) is 2.15. The van der Waals surface area contributed by atoms with Gasteiger partial charge in [0.15, 0.2) is 0 Å². The summed E-state index contributed by atoms with van der Waals surface area (Å²) in [4.78, 5) is 0.698. The molecule has 4 heteroatoms. The highest BCUT2D eigenvalue weighted by Gasteiger charge is 2.44. The van der Waals surface area contributed by atoms with Gasteiger partial charge in [0.25, 0.3) is 0 Å². The third-order valence-electron chi connectivity index (χ3n) is 2.85. The molecule has 1 fully saturated rings. The SMILES string of the molecule is COc1ccc(C2(O)CC(O)C2)c(S)c1. The van der Waals surface area contributed by atoms with E-state index in [1.807, 2.05) is 0 Å². The highest BCUT2D eigenvalue weighted by Crippen LogP contribution is 2.44. The molecule has 0 aromatic heterocycles. The number of hydrogen-bond donors (Lipinski definition) is 3. The Morgan fingerprint density at radius 1 is 1.47 bits per heavy atom. The second-order valence-corrected chi connectivity index (χ2v) is 4.46. The Hall–Kier alpha value is -0.710. The molecule has 2 rings (SSSR count). The van der Waals surface area contributed by atoms with Gasteiger partial charge in [-0.2, -0.15) is 0 Å². The Balaban J connectivity index is 2.29. The molecule has 0 unspecified atom stereocenters. The third kappa shape index (κ3) is 1.85. The summed E-state index contributed by atoms with van der Waals surface area (Å²) in [5, 5.41) is 19.4. The van der Waals surface area contributed by atoms with Gasteiger partial charge in [0.2, 0.25) is 0 Å². The van der Waals surface area contributed by atoms with Gasteiger partial charge < -0.3 is 14.9 Å². The first-order valence-electron chi connectivity index (χ1n) is 4.83. The van der Waals surface area contributed by atoms with Gasteiger partial charge in [-0.1, -0.05) is 6.07 Å². The van der Waals surface area contributed by atoms with Crippen LogP contribution in [0.1, 0.15) is 18.4 Å². The number of rotatable bonds is 2. The van der Waals surface area contributed by atoms with Gasteiger partial charge in [0.1, 0.15) is 5.75 Å². The topological polar surface area (TPSA) is 49.7 Å². The molecule has 0 heterocycles. The number of aliphatic hydroxyl groups excluding tert-OH is 1. The number of aliphatic hydroxyl groups is 2. The summed E-state index contributed by atoms with van der Waals surface area (Å²) in [5.74, 6) is 0.715. The second kappa shape index (κ2) is 3.70. The Labute approximate surface area is 94.1 Å². The molecule has 0 spiro atoms. The molecule has 0 aliphatic heterocycles. The first-order chi connectivity index (χ1) is 7.05. The van der Waals surface area contributed by atoms with E-state index in [-0.39, 0.29) is 0 Å². The van der Waals surface area contributed by atoms with Gasteiger partial charge in [0, 0.05) is 17.7 Å². The van der Waals surface area contributed by atoms with Crippen LogP contribution in [0.2, 0.25) is 0 Å². The summed E-state index contributed by atoms with van der Waals surface area (Å²) in [6, 6.07) is 5.35. The van der Waals surface area contributed by atoms with Crippen LogP contribution in [0.25, 0.3) is 0 Å². The third-order valence-corrected chi connectivity index (χ3v) is 3.22. The molecule has 82 valence electrons. The minimum Gasteiger partial charge on any atom is -0.497 e. The van der Waals surface area contributed by atoms with E-state index in [9.17, 15) is 10.2 Å².